The quantitative estimate of drug-likeness (QED) is 0.675. The van der Waals surface area contributed by atoms with Gasteiger partial charge in [-0.3, -0.25) is 4.98 Å². The van der Waals surface area contributed by atoms with Crippen LogP contribution in [0.3, 0.4) is 0 Å². The third kappa shape index (κ3) is 2.87. The van der Waals surface area contributed by atoms with Crippen LogP contribution in [0, 0.1) is 0 Å². The van der Waals surface area contributed by atoms with E-state index in [1.807, 2.05) is 12.3 Å². The van der Waals surface area contributed by atoms with Gasteiger partial charge in [-0.1, -0.05) is 24.3 Å². The van der Waals surface area contributed by atoms with Crippen LogP contribution in [0.2, 0.25) is 0 Å². The van der Waals surface area contributed by atoms with Crippen LogP contribution >= 0.6 is 0 Å². The maximum absolute atomic E-state index is 5.70. The second-order valence-electron chi connectivity index (χ2n) is 5.91. The summed E-state index contributed by atoms with van der Waals surface area (Å²) in [6.07, 6.45) is 5.26. The minimum atomic E-state index is 0.834. The summed E-state index contributed by atoms with van der Waals surface area (Å²) in [6, 6.07) is 16.7. The zero-order valence-corrected chi connectivity index (χ0v) is 13.1. The predicted octanol–water partition coefficient (Wildman–Crippen LogP) is 4.21. The van der Waals surface area contributed by atoms with Gasteiger partial charge in [0.2, 0.25) is 0 Å². The van der Waals surface area contributed by atoms with Crippen molar-refractivity contribution in [2.75, 3.05) is 18.5 Å². The number of benzene rings is 2. The Morgan fingerprint density at radius 3 is 2.83 bits per heavy atom. The van der Waals surface area contributed by atoms with Crippen LogP contribution in [0.5, 0.6) is 5.75 Å². The van der Waals surface area contributed by atoms with E-state index in [1.165, 1.54) is 23.2 Å². The van der Waals surface area contributed by atoms with Gasteiger partial charge in [-0.25, -0.2) is 0 Å². The van der Waals surface area contributed by atoms with Crippen molar-refractivity contribution < 1.29 is 4.74 Å². The molecule has 3 nitrogen and oxygen atoms in total. The highest BCUT2D eigenvalue weighted by Gasteiger charge is 2.13. The van der Waals surface area contributed by atoms with Crippen molar-refractivity contribution in [1.82, 2.24) is 4.98 Å². The zero-order valence-electron chi connectivity index (χ0n) is 13.1. The molecule has 0 amide bonds. The number of pyridine rings is 1. The predicted molar refractivity (Wildman–Crippen MR) is 94.2 cm³/mol. The highest BCUT2D eigenvalue weighted by atomic mass is 16.5. The van der Waals surface area contributed by atoms with Crippen molar-refractivity contribution in [2.45, 2.75) is 19.3 Å². The van der Waals surface area contributed by atoms with E-state index in [2.05, 4.69) is 52.8 Å². The summed E-state index contributed by atoms with van der Waals surface area (Å²) in [5.74, 6) is 1.04. The number of nitrogens with one attached hydrogen (secondary N) is 1. The standard InChI is InChI=1S/C12H11NO.C8H9N/c1-4-10-11(13-7-1)6-5-9-3-2-8-14-12(9)10;1-2-4-8-7(3-1)5-6-9-8/h1,4-7H,2-3,8H2;1-4,9H,5-6H2. The Kier molecular flexibility index (Phi) is 3.85. The Morgan fingerprint density at radius 1 is 0.913 bits per heavy atom. The van der Waals surface area contributed by atoms with E-state index in [9.17, 15) is 0 Å². The molecule has 3 aromatic rings. The summed E-state index contributed by atoms with van der Waals surface area (Å²) < 4.78 is 5.70. The average molecular weight is 304 g/mol. The van der Waals surface area contributed by atoms with Crippen molar-refractivity contribution in [3.63, 3.8) is 0 Å². The van der Waals surface area contributed by atoms with Gasteiger partial charge >= 0.3 is 0 Å². The third-order valence-electron chi connectivity index (χ3n) is 4.38. The van der Waals surface area contributed by atoms with Gasteiger partial charge < -0.3 is 10.1 Å². The topological polar surface area (TPSA) is 34.2 Å². The molecular formula is C20H20N2O. The van der Waals surface area contributed by atoms with Gasteiger partial charge in [0.25, 0.3) is 0 Å². The van der Waals surface area contributed by atoms with Crippen LogP contribution in [0.1, 0.15) is 17.5 Å². The Morgan fingerprint density at radius 2 is 1.87 bits per heavy atom. The second-order valence-corrected chi connectivity index (χ2v) is 5.91. The number of nitrogens with zero attached hydrogens (tertiary/aromatic N) is 1. The first-order valence-corrected chi connectivity index (χ1v) is 8.23. The summed E-state index contributed by atoms with van der Waals surface area (Å²) in [5.41, 5.74) is 5.11. The number of ether oxygens (including phenoxy) is 1. The van der Waals surface area contributed by atoms with Gasteiger partial charge in [0.1, 0.15) is 5.75 Å². The van der Waals surface area contributed by atoms with Crippen molar-refractivity contribution in [2.24, 2.45) is 0 Å². The molecule has 2 aliphatic heterocycles. The number of aromatic nitrogens is 1. The molecule has 0 spiro atoms. The minimum absolute atomic E-state index is 0.834. The van der Waals surface area contributed by atoms with E-state index in [0.717, 1.165) is 42.6 Å². The fraction of sp³-hybridized carbons (Fsp3) is 0.250. The first-order valence-electron chi connectivity index (χ1n) is 8.23. The first kappa shape index (κ1) is 14.1. The van der Waals surface area contributed by atoms with Crippen molar-refractivity contribution in [3.05, 3.63) is 65.9 Å². The summed E-state index contributed by atoms with van der Waals surface area (Å²) in [6.45, 7) is 1.94. The monoisotopic (exact) mass is 304 g/mol. The molecule has 23 heavy (non-hydrogen) atoms. The second kappa shape index (κ2) is 6.29. The van der Waals surface area contributed by atoms with Crippen molar-refractivity contribution in [1.29, 1.82) is 0 Å². The Balaban J connectivity index is 0.000000130. The van der Waals surface area contributed by atoms with E-state index in [0.29, 0.717) is 0 Å². The van der Waals surface area contributed by atoms with Crippen LogP contribution < -0.4 is 10.1 Å². The molecule has 0 bridgehead atoms. The molecule has 0 atom stereocenters. The van der Waals surface area contributed by atoms with Crippen LogP contribution in [0.15, 0.2) is 54.7 Å². The molecule has 5 rings (SSSR count). The normalized spacial score (nSPS) is 14.8. The fourth-order valence-corrected chi connectivity index (χ4v) is 3.22. The van der Waals surface area contributed by atoms with Gasteiger partial charge in [0.15, 0.2) is 0 Å². The number of aryl methyl sites for hydroxylation is 1. The van der Waals surface area contributed by atoms with Crippen LogP contribution in [0.4, 0.5) is 5.69 Å². The lowest BCUT2D eigenvalue weighted by molar-refractivity contribution is 0.292. The lowest BCUT2D eigenvalue weighted by atomic mass is 10.0. The van der Waals surface area contributed by atoms with Crippen molar-refractivity contribution >= 4 is 16.6 Å². The summed E-state index contributed by atoms with van der Waals surface area (Å²) in [5, 5.41) is 4.44. The number of fused-ring (bicyclic) bond motifs is 4. The molecule has 0 unspecified atom stereocenters. The van der Waals surface area contributed by atoms with E-state index in [-0.39, 0.29) is 0 Å². The van der Waals surface area contributed by atoms with Crippen LogP contribution in [-0.4, -0.2) is 18.1 Å². The van der Waals surface area contributed by atoms with E-state index < -0.39 is 0 Å². The Bertz CT molecular complexity index is 806. The first-order chi connectivity index (χ1) is 11.4. The molecule has 2 aromatic carbocycles. The molecule has 0 saturated heterocycles. The molecular weight excluding hydrogens is 284 g/mol. The lowest BCUT2D eigenvalue weighted by Crippen LogP contribution is -2.08. The van der Waals surface area contributed by atoms with E-state index in [4.69, 9.17) is 4.74 Å². The number of rotatable bonds is 0. The highest BCUT2D eigenvalue weighted by Crippen LogP contribution is 2.32. The molecule has 3 heterocycles. The Hall–Kier alpha value is -2.55. The van der Waals surface area contributed by atoms with Crippen LogP contribution in [0.25, 0.3) is 10.9 Å². The number of para-hydroxylation sites is 1. The maximum Gasteiger partial charge on any atom is 0.131 e. The Labute approximate surface area is 136 Å². The van der Waals surface area contributed by atoms with E-state index in [1.54, 1.807) is 0 Å². The summed E-state index contributed by atoms with van der Waals surface area (Å²) in [4.78, 5) is 4.31. The SMILES string of the molecule is c1ccc2c(c1)CCN2.c1cnc2ccc3c(c2c1)OCCC3. The summed E-state index contributed by atoms with van der Waals surface area (Å²) in [7, 11) is 0. The molecule has 2 aliphatic rings. The smallest absolute Gasteiger partial charge is 0.131 e. The number of hydrogen-bond donors (Lipinski definition) is 1. The molecule has 0 aliphatic carbocycles. The molecule has 3 heteroatoms. The van der Waals surface area contributed by atoms with Gasteiger partial charge in [-0.2, -0.15) is 0 Å². The van der Waals surface area contributed by atoms with Gasteiger partial charge in [0, 0.05) is 23.8 Å². The molecule has 1 aromatic heterocycles. The fourth-order valence-electron chi connectivity index (χ4n) is 3.22. The number of hydrogen-bond acceptors (Lipinski definition) is 3. The highest BCUT2D eigenvalue weighted by molar-refractivity contribution is 5.86. The molecule has 0 fully saturated rings. The largest absolute Gasteiger partial charge is 0.493 e. The maximum atomic E-state index is 5.70. The molecule has 1 N–H and O–H groups in total. The van der Waals surface area contributed by atoms with Gasteiger partial charge in [-0.05, 0) is 54.7 Å². The van der Waals surface area contributed by atoms with Gasteiger partial charge in [0.05, 0.1) is 12.1 Å². The van der Waals surface area contributed by atoms with Gasteiger partial charge in [-0.15, -0.1) is 0 Å². The molecule has 0 saturated carbocycles. The average Bonchev–Trinajstić information content (AvgIpc) is 3.11. The van der Waals surface area contributed by atoms with Crippen LogP contribution in [-0.2, 0) is 12.8 Å². The lowest BCUT2D eigenvalue weighted by Gasteiger charge is -2.18. The third-order valence-corrected chi connectivity index (χ3v) is 4.38. The number of anilines is 1. The van der Waals surface area contributed by atoms with Crippen molar-refractivity contribution in [3.8, 4) is 5.75 Å². The minimum Gasteiger partial charge on any atom is -0.493 e. The van der Waals surface area contributed by atoms with E-state index >= 15 is 0 Å². The summed E-state index contributed by atoms with van der Waals surface area (Å²) >= 11 is 0. The molecule has 116 valence electrons. The molecule has 0 radical (unpaired) electrons. The zero-order chi connectivity index (χ0) is 15.5.